The molecule has 0 aliphatic heterocycles. The van der Waals surface area contributed by atoms with E-state index in [2.05, 4.69) is 15.5 Å². The van der Waals surface area contributed by atoms with Gasteiger partial charge in [-0.2, -0.15) is 18.3 Å². The number of halogens is 3. The first-order valence-corrected chi connectivity index (χ1v) is 8.00. The summed E-state index contributed by atoms with van der Waals surface area (Å²) < 4.78 is 38.8. The van der Waals surface area contributed by atoms with Gasteiger partial charge in [0.2, 0.25) is 5.69 Å². The molecule has 0 aliphatic carbocycles. The fourth-order valence-corrected chi connectivity index (χ4v) is 2.80. The Kier molecular flexibility index (Phi) is 4.93. The Balaban J connectivity index is 2.06. The molecule has 0 atom stereocenters. The van der Waals surface area contributed by atoms with Crippen molar-refractivity contribution in [2.24, 2.45) is 5.10 Å². The maximum atomic E-state index is 12.9. The number of hydrogen-bond acceptors (Lipinski definition) is 6. The van der Waals surface area contributed by atoms with Gasteiger partial charge in [-0.25, -0.2) is 0 Å². The van der Waals surface area contributed by atoms with Crippen LogP contribution in [0.1, 0.15) is 16.8 Å². The van der Waals surface area contributed by atoms with Gasteiger partial charge in [-0.1, -0.05) is 18.2 Å². The Morgan fingerprint density at radius 1 is 1.10 bits per heavy atom. The number of H-pyrrole nitrogens is 1. The Morgan fingerprint density at radius 2 is 1.69 bits per heavy atom. The molecule has 0 radical (unpaired) electrons. The van der Waals surface area contributed by atoms with Crippen molar-refractivity contribution >= 4 is 34.2 Å². The van der Waals surface area contributed by atoms with E-state index >= 15 is 0 Å². The first kappa shape index (κ1) is 19.8. The lowest BCUT2D eigenvalue weighted by atomic mass is 10.1. The van der Waals surface area contributed by atoms with E-state index in [9.17, 15) is 33.4 Å². The molecule has 0 aliphatic rings. The molecular weight excluding hydrogens is 395 g/mol. The number of aromatic amines is 1. The molecule has 0 saturated heterocycles. The lowest BCUT2D eigenvalue weighted by Crippen LogP contribution is -2.09. The minimum absolute atomic E-state index is 0.224. The fourth-order valence-electron chi connectivity index (χ4n) is 2.80. The molecule has 3 aromatic rings. The van der Waals surface area contributed by atoms with Crippen molar-refractivity contribution in [1.29, 1.82) is 0 Å². The number of fused-ring (bicyclic) bond motifs is 1. The highest BCUT2D eigenvalue weighted by atomic mass is 19.4. The Labute approximate surface area is 160 Å². The van der Waals surface area contributed by atoms with Crippen LogP contribution in [0.15, 0.2) is 41.5 Å². The fraction of sp³-hybridized carbons (Fsp3) is 0.118. The molecular formula is C17H12F3N5O4. The molecule has 1 heterocycles. The number of aryl methyl sites for hydroxylation is 1. The van der Waals surface area contributed by atoms with Crippen molar-refractivity contribution in [2.75, 3.05) is 5.43 Å². The molecule has 3 rings (SSSR count). The van der Waals surface area contributed by atoms with Gasteiger partial charge in [0.25, 0.3) is 0 Å². The lowest BCUT2D eigenvalue weighted by molar-refractivity contribution is -0.392. The highest BCUT2D eigenvalue weighted by molar-refractivity contribution is 6.00. The van der Waals surface area contributed by atoms with Crippen LogP contribution in [0.4, 0.5) is 30.2 Å². The first-order chi connectivity index (χ1) is 13.6. The number of nitro benzene ring substituents is 2. The molecule has 12 heteroatoms. The molecule has 0 fully saturated rings. The number of para-hydroxylation sites is 1. The van der Waals surface area contributed by atoms with Crippen molar-refractivity contribution in [3.8, 4) is 0 Å². The smallest absolute Gasteiger partial charge is 0.358 e. The van der Waals surface area contributed by atoms with Crippen molar-refractivity contribution in [3.63, 3.8) is 0 Å². The number of hydrogen-bond donors (Lipinski definition) is 2. The van der Waals surface area contributed by atoms with Crippen molar-refractivity contribution in [1.82, 2.24) is 4.98 Å². The average molecular weight is 407 g/mol. The van der Waals surface area contributed by atoms with Gasteiger partial charge in [-0.05, 0) is 13.0 Å². The van der Waals surface area contributed by atoms with E-state index in [1.165, 1.54) is 6.21 Å². The molecule has 0 bridgehead atoms. The number of hydrazone groups is 1. The number of anilines is 1. The molecule has 2 N–H and O–H groups in total. The van der Waals surface area contributed by atoms with Crippen LogP contribution < -0.4 is 5.43 Å². The quantitative estimate of drug-likeness (QED) is 0.358. The normalized spacial score (nSPS) is 11.9. The summed E-state index contributed by atoms with van der Waals surface area (Å²) in [6.07, 6.45) is -3.71. The van der Waals surface area contributed by atoms with Gasteiger partial charge >= 0.3 is 17.6 Å². The zero-order valence-electron chi connectivity index (χ0n) is 14.6. The lowest BCUT2D eigenvalue weighted by Gasteiger charge is -2.09. The second-order valence-corrected chi connectivity index (χ2v) is 5.98. The topological polar surface area (TPSA) is 126 Å². The van der Waals surface area contributed by atoms with E-state index in [1.807, 2.05) is 12.1 Å². The van der Waals surface area contributed by atoms with E-state index in [0.29, 0.717) is 11.3 Å². The van der Waals surface area contributed by atoms with Crippen LogP contribution in [0.5, 0.6) is 0 Å². The SMILES string of the molecule is Cc1[nH]c2ccccc2c1/C=N/Nc1c([N+](=O)[O-])cc(C(F)(F)F)cc1[N+](=O)[O-]. The number of aromatic nitrogens is 1. The van der Waals surface area contributed by atoms with Gasteiger partial charge in [0.1, 0.15) is 0 Å². The standard InChI is InChI=1S/C17H12F3N5O4/c1-9-12(11-4-2-3-5-13(11)22-9)8-21-23-16-14(24(26)27)6-10(17(18,19)20)7-15(16)25(28)29/h2-8,22-23H,1H3/b21-8+. The third-order valence-electron chi connectivity index (χ3n) is 4.13. The third kappa shape index (κ3) is 3.85. The number of nitro groups is 2. The van der Waals surface area contributed by atoms with E-state index in [1.54, 1.807) is 19.1 Å². The molecule has 2 aromatic carbocycles. The summed E-state index contributed by atoms with van der Waals surface area (Å²) in [4.78, 5) is 23.2. The Bertz CT molecular complexity index is 1120. The van der Waals surface area contributed by atoms with Crippen molar-refractivity contribution < 1.29 is 23.0 Å². The van der Waals surface area contributed by atoms with Gasteiger partial charge in [0, 0.05) is 34.3 Å². The average Bonchev–Trinajstić information content (AvgIpc) is 2.95. The summed E-state index contributed by atoms with van der Waals surface area (Å²) in [5, 5.41) is 27.0. The van der Waals surface area contributed by atoms with Crippen LogP contribution in [-0.4, -0.2) is 21.0 Å². The molecule has 1 aromatic heterocycles. The monoisotopic (exact) mass is 407 g/mol. The summed E-state index contributed by atoms with van der Waals surface area (Å²) in [6, 6.07) is 7.66. The van der Waals surface area contributed by atoms with Gasteiger partial charge in [-0.3, -0.25) is 25.7 Å². The van der Waals surface area contributed by atoms with Crippen LogP contribution in [0.3, 0.4) is 0 Å². The molecule has 0 saturated carbocycles. The van der Waals surface area contributed by atoms with Crippen LogP contribution in [0.2, 0.25) is 0 Å². The molecule has 9 nitrogen and oxygen atoms in total. The second-order valence-electron chi connectivity index (χ2n) is 5.98. The predicted molar refractivity (Wildman–Crippen MR) is 99.0 cm³/mol. The van der Waals surface area contributed by atoms with Crippen LogP contribution in [0, 0.1) is 27.2 Å². The molecule has 150 valence electrons. The number of nitrogens with one attached hydrogen (secondary N) is 2. The van der Waals surface area contributed by atoms with Crippen molar-refractivity contribution in [2.45, 2.75) is 13.1 Å². The maximum Gasteiger partial charge on any atom is 0.416 e. The van der Waals surface area contributed by atoms with Gasteiger partial charge in [-0.15, -0.1) is 0 Å². The zero-order chi connectivity index (χ0) is 21.3. The van der Waals surface area contributed by atoms with Gasteiger partial charge < -0.3 is 4.98 Å². The predicted octanol–water partition coefficient (Wildman–Crippen LogP) is 4.76. The number of rotatable bonds is 5. The van der Waals surface area contributed by atoms with Gasteiger partial charge in [0.05, 0.1) is 21.6 Å². The third-order valence-corrected chi connectivity index (χ3v) is 4.13. The molecule has 0 unspecified atom stereocenters. The minimum Gasteiger partial charge on any atom is -0.358 e. The van der Waals surface area contributed by atoms with E-state index in [4.69, 9.17) is 0 Å². The highest BCUT2D eigenvalue weighted by Crippen LogP contribution is 2.41. The van der Waals surface area contributed by atoms with Crippen molar-refractivity contribution in [3.05, 3.63) is 73.4 Å². The second kappa shape index (κ2) is 7.22. The number of benzene rings is 2. The van der Waals surface area contributed by atoms with Crippen LogP contribution in [-0.2, 0) is 6.18 Å². The summed E-state index contributed by atoms with van der Waals surface area (Å²) in [6.45, 7) is 1.75. The summed E-state index contributed by atoms with van der Waals surface area (Å²) >= 11 is 0. The number of alkyl halides is 3. The zero-order valence-corrected chi connectivity index (χ0v) is 14.6. The molecule has 0 amide bonds. The summed E-state index contributed by atoms with van der Waals surface area (Å²) in [5.41, 5.74) is -0.180. The van der Waals surface area contributed by atoms with E-state index in [-0.39, 0.29) is 12.1 Å². The minimum atomic E-state index is -4.99. The summed E-state index contributed by atoms with van der Waals surface area (Å²) in [7, 11) is 0. The Hall–Kier alpha value is -3.96. The molecule has 0 spiro atoms. The van der Waals surface area contributed by atoms with E-state index in [0.717, 1.165) is 10.9 Å². The Morgan fingerprint density at radius 3 is 2.24 bits per heavy atom. The summed E-state index contributed by atoms with van der Waals surface area (Å²) in [5.74, 6) is 0. The first-order valence-electron chi connectivity index (χ1n) is 8.00. The van der Waals surface area contributed by atoms with E-state index < -0.39 is 38.6 Å². The largest absolute Gasteiger partial charge is 0.416 e. The highest BCUT2D eigenvalue weighted by Gasteiger charge is 2.37. The number of nitrogens with zero attached hydrogens (tertiary/aromatic N) is 3. The van der Waals surface area contributed by atoms with Crippen LogP contribution >= 0.6 is 0 Å². The maximum absolute atomic E-state index is 12.9. The molecule has 29 heavy (non-hydrogen) atoms. The van der Waals surface area contributed by atoms with Gasteiger partial charge in [0.15, 0.2) is 0 Å². The van der Waals surface area contributed by atoms with Crippen LogP contribution in [0.25, 0.3) is 10.9 Å².